The van der Waals surface area contributed by atoms with Crippen molar-refractivity contribution < 1.29 is 9.53 Å². The van der Waals surface area contributed by atoms with E-state index in [-0.39, 0.29) is 11.6 Å². The Morgan fingerprint density at radius 2 is 2.05 bits per heavy atom. The Bertz CT molecular complexity index is 497. The van der Waals surface area contributed by atoms with Crippen LogP contribution in [0.3, 0.4) is 0 Å². The number of ether oxygens (including phenoxy) is 1. The summed E-state index contributed by atoms with van der Waals surface area (Å²) >= 11 is 0. The highest BCUT2D eigenvalue weighted by atomic mass is 16.6. The summed E-state index contributed by atoms with van der Waals surface area (Å²) in [7, 11) is 4.18. The molecule has 0 radical (unpaired) electrons. The second kappa shape index (κ2) is 4.64. The average molecular weight is 259 g/mol. The Morgan fingerprint density at radius 1 is 1.26 bits per heavy atom. The summed E-state index contributed by atoms with van der Waals surface area (Å²) in [6, 6.07) is 8.19. The van der Waals surface area contributed by atoms with Gasteiger partial charge in [-0.05, 0) is 45.0 Å². The third kappa shape index (κ3) is 2.06. The lowest BCUT2D eigenvalue weighted by Gasteiger charge is -2.48. The monoisotopic (exact) mass is 259 g/mol. The Balaban J connectivity index is 2.00. The summed E-state index contributed by atoms with van der Waals surface area (Å²) < 4.78 is 5.93. The summed E-state index contributed by atoms with van der Waals surface area (Å²) in [6.07, 6.45) is 5.33. The highest BCUT2D eigenvalue weighted by Crippen LogP contribution is 2.41. The molecule has 3 rings (SSSR count). The molecule has 0 aromatic heterocycles. The Labute approximate surface area is 114 Å². The van der Waals surface area contributed by atoms with E-state index in [0.717, 1.165) is 36.8 Å². The van der Waals surface area contributed by atoms with Crippen molar-refractivity contribution in [1.29, 1.82) is 0 Å². The van der Waals surface area contributed by atoms with Crippen LogP contribution in [-0.4, -0.2) is 36.6 Å². The fourth-order valence-electron chi connectivity index (χ4n) is 3.72. The van der Waals surface area contributed by atoms with Gasteiger partial charge >= 0.3 is 5.97 Å². The topological polar surface area (TPSA) is 29.5 Å². The molecule has 1 aliphatic heterocycles. The molecule has 1 aromatic rings. The van der Waals surface area contributed by atoms with Crippen LogP contribution in [0, 0.1) is 0 Å². The largest absolute Gasteiger partial charge is 0.453 e. The number of benzene rings is 1. The summed E-state index contributed by atoms with van der Waals surface area (Å²) in [6.45, 7) is 0. The number of carbonyl (C=O) groups excluding carboxylic acids is 1. The van der Waals surface area contributed by atoms with Crippen molar-refractivity contribution >= 4 is 5.97 Å². The summed E-state index contributed by atoms with van der Waals surface area (Å²) in [5, 5.41) is 0. The smallest absolute Gasteiger partial charge is 0.339 e. The minimum atomic E-state index is -0.312. The molecular formula is C16H21NO2. The van der Waals surface area contributed by atoms with Crippen LogP contribution in [0.1, 0.15) is 41.6 Å². The minimum Gasteiger partial charge on any atom is -0.453 e. The molecule has 0 saturated heterocycles. The van der Waals surface area contributed by atoms with Crippen LogP contribution in [0.25, 0.3) is 0 Å². The van der Waals surface area contributed by atoms with Crippen LogP contribution >= 0.6 is 0 Å². The first kappa shape index (κ1) is 12.7. The lowest BCUT2D eigenvalue weighted by molar-refractivity contribution is -0.0846. The lowest BCUT2D eigenvalue weighted by Crippen LogP contribution is -2.57. The molecule has 2 atom stereocenters. The number of fused-ring (bicyclic) bond motifs is 1. The van der Waals surface area contributed by atoms with Gasteiger partial charge in [-0.15, -0.1) is 0 Å². The molecule has 1 aromatic carbocycles. The summed E-state index contributed by atoms with van der Waals surface area (Å²) in [5.41, 5.74) is 1.58. The molecule has 2 aliphatic rings. The zero-order valence-corrected chi connectivity index (χ0v) is 11.7. The van der Waals surface area contributed by atoms with Gasteiger partial charge in [0.25, 0.3) is 0 Å². The molecule has 2 unspecified atom stereocenters. The molecule has 1 fully saturated rings. The molecule has 0 amide bonds. The van der Waals surface area contributed by atoms with Gasteiger partial charge in [0, 0.05) is 12.5 Å². The second-order valence-corrected chi connectivity index (χ2v) is 6.01. The van der Waals surface area contributed by atoms with Crippen molar-refractivity contribution in [2.45, 2.75) is 43.7 Å². The molecular weight excluding hydrogens is 238 g/mol. The molecule has 1 aliphatic carbocycles. The highest BCUT2D eigenvalue weighted by molar-refractivity contribution is 5.92. The lowest BCUT2D eigenvalue weighted by atomic mass is 9.74. The predicted octanol–water partition coefficient (Wildman–Crippen LogP) is 2.64. The van der Waals surface area contributed by atoms with E-state index in [4.69, 9.17) is 4.74 Å². The van der Waals surface area contributed by atoms with Gasteiger partial charge in [-0.1, -0.05) is 24.6 Å². The van der Waals surface area contributed by atoms with Gasteiger partial charge in [0.1, 0.15) is 5.60 Å². The number of hydrogen-bond acceptors (Lipinski definition) is 3. The molecule has 19 heavy (non-hydrogen) atoms. The average Bonchev–Trinajstić information content (AvgIpc) is 2.38. The van der Waals surface area contributed by atoms with Crippen molar-refractivity contribution in [1.82, 2.24) is 4.90 Å². The molecule has 3 heteroatoms. The maximum absolute atomic E-state index is 12.3. The Morgan fingerprint density at radius 3 is 2.84 bits per heavy atom. The number of nitrogens with zero attached hydrogens (tertiary/aromatic N) is 1. The minimum absolute atomic E-state index is 0.143. The van der Waals surface area contributed by atoms with Crippen molar-refractivity contribution in [2.75, 3.05) is 14.1 Å². The molecule has 1 heterocycles. The van der Waals surface area contributed by atoms with E-state index in [1.807, 2.05) is 18.2 Å². The fourth-order valence-corrected chi connectivity index (χ4v) is 3.72. The van der Waals surface area contributed by atoms with Gasteiger partial charge in [0.2, 0.25) is 0 Å². The van der Waals surface area contributed by atoms with E-state index in [9.17, 15) is 4.79 Å². The van der Waals surface area contributed by atoms with Crippen LogP contribution in [0.2, 0.25) is 0 Å². The Hall–Kier alpha value is -1.35. The van der Waals surface area contributed by atoms with E-state index in [0.29, 0.717) is 6.04 Å². The third-order valence-corrected chi connectivity index (χ3v) is 4.58. The third-order valence-electron chi connectivity index (χ3n) is 4.58. The SMILES string of the molecule is CN(C)C1CCCCC12Cc1ccccc1C(=O)O2. The molecule has 0 N–H and O–H groups in total. The van der Waals surface area contributed by atoms with Crippen molar-refractivity contribution in [3.63, 3.8) is 0 Å². The zero-order chi connectivity index (χ0) is 13.5. The normalized spacial score (nSPS) is 30.3. The van der Waals surface area contributed by atoms with Gasteiger partial charge in [-0.2, -0.15) is 0 Å². The van der Waals surface area contributed by atoms with E-state index in [1.54, 1.807) is 0 Å². The number of esters is 1. The molecule has 0 bridgehead atoms. The fraction of sp³-hybridized carbons (Fsp3) is 0.562. The molecule has 1 saturated carbocycles. The van der Waals surface area contributed by atoms with E-state index in [2.05, 4.69) is 25.1 Å². The Kier molecular flexibility index (Phi) is 3.09. The number of carbonyl (C=O) groups is 1. The number of rotatable bonds is 1. The van der Waals surface area contributed by atoms with Crippen LogP contribution in [0.4, 0.5) is 0 Å². The molecule has 102 valence electrons. The standard InChI is InChI=1S/C16H21NO2/c1-17(2)14-9-5-6-10-16(14)11-12-7-3-4-8-13(12)15(18)19-16/h3-4,7-8,14H,5-6,9-11H2,1-2H3. The maximum atomic E-state index is 12.3. The van der Waals surface area contributed by atoms with Crippen molar-refractivity contribution in [2.24, 2.45) is 0 Å². The quantitative estimate of drug-likeness (QED) is 0.726. The number of hydrogen-bond donors (Lipinski definition) is 0. The highest BCUT2D eigenvalue weighted by Gasteiger charge is 2.48. The summed E-state index contributed by atoms with van der Waals surface area (Å²) in [5.74, 6) is -0.143. The van der Waals surface area contributed by atoms with Gasteiger partial charge in [-0.25, -0.2) is 4.79 Å². The van der Waals surface area contributed by atoms with Gasteiger partial charge in [0.05, 0.1) is 5.56 Å². The first-order valence-electron chi connectivity index (χ1n) is 7.10. The second-order valence-electron chi connectivity index (χ2n) is 6.01. The first-order chi connectivity index (χ1) is 9.12. The maximum Gasteiger partial charge on any atom is 0.339 e. The van der Waals surface area contributed by atoms with Crippen molar-refractivity contribution in [3.8, 4) is 0 Å². The number of likely N-dealkylation sites (N-methyl/N-ethyl adjacent to an activating group) is 1. The van der Waals surface area contributed by atoms with E-state index >= 15 is 0 Å². The van der Waals surface area contributed by atoms with Gasteiger partial charge in [-0.3, -0.25) is 0 Å². The summed E-state index contributed by atoms with van der Waals surface area (Å²) in [4.78, 5) is 14.5. The predicted molar refractivity (Wildman–Crippen MR) is 74.2 cm³/mol. The van der Waals surface area contributed by atoms with Gasteiger partial charge in [0.15, 0.2) is 0 Å². The molecule has 1 spiro atoms. The van der Waals surface area contributed by atoms with Gasteiger partial charge < -0.3 is 9.64 Å². The molecule has 3 nitrogen and oxygen atoms in total. The van der Waals surface area contributed by atoms with E-state index in [1.165, 1.54) is 6.42 Å². The van der Waals surface area contributed by atoms with Crippen LogP contribution in [-0.2, 0) is 11.2 Å². The van der Waals surface area contributed by atoms with E-state index < -0.39 is 0 Å². The first-order valence-corrected chi connectivity index (χ1v) is 7.10. The van der Waals surface area contributed by atoms with Crippen LogP contribution < -0.4 is 0 Å². The zero-order valence-electron chi connectivity index (χ0n) is 11.7. The van der Waals surface area contributed by atoms with Crippen LogP contribution in [0.5, 0.6) is 0 Å². The van der Waals surface area contributed by atoms with Crippen molar-refractivity contribution in [3.05, 3.63) is 35.4 Å². The van der Waals surface area contributed by atoms with Crippen LogP contribution in [0.15, 0.2) is 24.3 Å².